The Morgan fingerprint density at radius 2 is 2.00 bits per heavy atom. The smallest absolute Gasteiger partial charge is 0.379 e. The van der Waals surface area contributed by atoms with Crippen LogP contribution in [0.2, 0.25) is 0 Å². The number of halogens is 5. The summed E-state index contributed by atoms with van der Waals surface area (Å²) in [6, 6.07) is 2.68. The van der Waals surface area contributed by atoms with Crippen LogP contribution in [0.5, 0.6) is 0 Å². The van der Waals surface area contributed by atoms with E-state index in [-0.39, 0.29) is 24.6 Å². The molecule has 1 rings (SSSR count). The second-order valence-corrected chi connectivity index (χ2v) is 5.20. The molecule has 0 saturated carbocycles. The summed E-state index contributed by atoms with van der Waals surface area (Å²) >= 11 is 6.40. The molecular formula is C11H12Br2ClF2NO2. The largest absolute Gasteiger partial charge is 0.462 e. The first-order valence-electron chi connectivity index (χ1n) is 5.06. The van der Waals surface area contributed by atoms with Crippen LogP contribution in [0.15, 0.2) is 27.1 Å². The third kappa shape index (κ3) is 4.37. The van der Waals surface area contributed by atoms with Crippen molar-refractivity contribution < 1.29 is 18.3 Å². The summed E-state index contributed by atoms with van der Waals surface area (Å²) in [6.07, 6.45) is 0. The number of ether oxygens (including phenoxy) is 1. The van der Waals surface area contributed by atoms with E-state index in [1.165, 1.54) is 19.1 Å². The third-order valence-electron chi connectivity index (χ3n) is 2.24. The summed E-state index contributed by atoms with van der Waals surface area (Å²) in [5.74, 6) is -5.37. The molecule has 0 saturated heterocycles. The van der Waals surface area contributed by atoms with E-state index < -0.39 is 17.9 Å². The van der Waals surface area contributed by atoms with Crippen LogP contribution in [-0.2, 0) is 9.53 Å². The summed E-state index contributed by atoms with van der Waals surface area (Å²) in [6.45, 7) is 1.33. The number of esters is 1. The summed E-state index contributed by atoms with van der Waals surface area (Å²) in [4.78, 5) is 11.2. The highest BCUT2D eigenvalue weighted by Gasteiger charge is 2.47. The second kappa shape index (κ2) is 7.52. The van der Waals surface area contributed by atoms with Crippen molar-refractivity contribution in [1.29, 1.82) is 0 Å². The van der Waals surface area contributed by atoms with E-state index in [9.17, 15) is 13.6 Å². The molecule has 0 aliphatic rings. The van der Waals surface area contributed by atoms with Crippen molar-refractivity contribution in [3.05, 3.63) is 32.7 Å². The van der Waals surface area contributed by atoms with E-state index in [0.29, 0.717) is 8.95 Å². The third-order valence-corrected chi connectivity index (χ3v) is 4.12. The van der Waals surface area contributed by atoms with Crippen LogP contribution in [0.1, 0.15) is 18.5 Å². The standard InChI is InChI=1S/C11H11Br2F2NO2.ClH/c1-2-18-10(17)11(14,15)9(16)6-3-4-7(12)8(13)5-6;/h3-5,9H,2,16H2,1H3;1H/t9-;/m1./s1. The number of hydrogen-bond donors (Lipinski definition) is 1. The van der Waals surface area contributed by atoms with Crippen molar-refractivity contribution in [3.8, 4) is 0 Å². The number of carbonyl (C=O) groups is 1. The van der Waals surface area contributed by atoms with Gasteiger partial charge in [0.1, 0.15) is 6.04 Å². The van der Waals surface area contributed by atoms with Crippen molar-refractivity contribution in [2.24, 2.45) is 5.73 Å². The van der Waals surface area contributed by atoms with Crippen LogP contribution >= 0.6 is 44.3 Å². The van der Waals surface area contributed by atoms with Crippen molar-refractivity contribution >= 4 is 50.2 Å². The Morgan fingerprint density at radius 1 is 1.42 bits per heavy atom. The molecule has 0 bridgehead atoms. The van der Waals surface area contributed by atoms with Crippen LogP contribution < -0.4 is 5.73 Å². The number of benzene rings is 1. The molecule has 0 radical (unpaired) electrons. The highest BCUT2D eigenvalue weighted by molar-refractivity contribution is 9.13. The van der Waals surface area contributed by atoms with E-state index in [1.807, 2.05) is 0 Å². The number of nitrogens with two attached hydrogens (primary N) is 1. The van der Waals surface area contributed by atoms with Gasteiger partial charge in [-0.15, -0.1) is 12.4 Å². The maximum Gasteiger partial charge on any atom is 0.379 e. The second-order valence-electron chi connectivity index (χ2n) is 3.49. The first-order valence-corrected chi connectivity index (χ1v) is 6.64. The summed E-state index contributed by atoms with van der Waals surface area (Å²) in [7, 11) is 0. The SMILES string of the molecule is CCOC(=O)C(F)(F)[C@H](N)c1ccc(Br)c(Br)c1.Cl. The molecule has 8 heteroatoms. The number of hydrogen-bond acceptors (Lipinski definition) is 3. The Morgan fingerprint density at radius 3 is 2.47 bits per heavy atom. The molecule has 0 aromatic heterocycles. The van der Waals surface area contributed by atoms with Crippen molar-refractivity contribution in [2.45, 2.75) is 18.9 Å². The van der Waals surface area contributed by atoms with Gasteiger partial charge in [0.05, 0.1) is 6.61 Å². The fourth-order valence-electron chi connectivity index (χ4n) is 1.27. The lowest BCUT2D eigenvalue weighted by molar-refractivity contribution is -0.174. The topological polar surface area (TPSA) is 52.3 Å². The lowest BCUT2D eigenvalue weighted by atomic mass is 10.0. The maximum absolute atomic E-state index is 13.7. The molecule has 0 aliphatic carbocycles. The molecule has 3 nitrogen and oxygen atoms in total. The molecule has 0 aliphatic heterocycles. The highest BCUT2D eigenvalue weighted by atomic mass is 79.9. The zero-order valence-electron chi connectivity index (χ0n) is 9.83. The molecule has 0 fully saturated rings. The van der Waals surface area contributed by atoms with Gasteiger partial charge in [0.25, 0.3) is 0 Å². The van der Waals surface area contributed by atoms with Gasteiger partial charge in [-0.2, -0.15) is 8.78 Å². The molecule has 1 aromatic rings. The van der Waals surface area contributed by atoms with Crippen molar-refractivity contribution in [2.75, 3.05) is 6.61 Å². The Kier molecular flexibility index (Phi) is 7.42. The van der Waals surface area contributed by atoms with Crippen LogP contribution in [0, 0.1) is 0 Å². The zero-order valence-corrected chi connectivity index (χ0v) is 13.8. The van der Waals surface area contributed by atoms with Gasteiger partial charge >= 0.3 is 11.9 Å². The van der Waals surface area contributed by atoms with E-state index in [2.05, 4.69) is 36.6 Å². The van der Waals surface area contributed by atoms with Crippen LogP contribution in [0.4, 0.5) is 8.78 Å². The van der Waals surface area contributed by atoms with Gasteiger partial charge in [0.15, 0.2) is 0 Å². The molecule has 0 heterocycles. The highest BCUT2D eigenvalue weighted by Crippen LogP contribution is 2.33. The van der Waals surface area contributed by atoms with E-state index in [4.69, 9.17) is 5.73 Å². The Balaban J connectivity index is 0.00000324. The fraction of sp³-hybridized carbons (Fsp3) is 0.364. The van der Waals surface area contributed by atoms with E-state index >= 15 is 0 Å². The zero-order chi connectivity index (χ0) is 13.9. The van der Waals surface area contributed by atoms with Crippen LogP contribution in [0.3, 0.4) is 0 Å². The Bertz CT molecular complexity index is 460. The predicted molar refractivity (Wildman–Crippen MR) is 77.6 cm³/mol. The van der Waals surface area contributed by atoms with Crippen LogP contribution in [0.25, 0.3) is 0 Å². The fourth-order valence-corrected chi connectivity index (χ4v) is 1.91. The first-order chi connectivity index (χ1) is 8.30. The Labute approximate surface area is 132 Å². The van der Waals surface area contributed by atoms with Gasteiger partial charge in [0, 0.05) is 8.95 Å². The number of carbonyl (C=O) groups excluding carboxylic acids is 1. The predicted octanol–water partition coefficient (Wildman–Crippen LogP) is 3.83. The lowest BCUT2D eigenvalue weighted by Gasteiger charge is -2.22. The molecular weight excluding hydrogens is 411 g/mol. The molecule has 1 aromatic carbocycles. The van der Waals surface area contributed by atoms with Gasteiger partial charge in [-0.25, -0.2) is 4.79 Å². The minimum Gasteiger partial charge on any atom is -0.462 e. The van der Waals surface area contributed by atoms with Gasteiger partial charge in [-0.3, -0.25) is 0 Å². The minimum atomic E-state index is -3.76. The average Bonchev–Trinajstić information content (AvgIpc) is 2.32. The van der Waals surface area contributed by atoms with Gasteiger partial charge in [-0.05, 0) is 56.5 Å². The molecule has 1 atom stereocenters. The molecule has 0 spiro atoms. The molecule has 2 N–H and O–H groups in total. The quantitative estimate of drug-likeness (QED) is 0.749. The molecule has 0 amide bonds. The maximum atomic E-state index is 13.7. The van der Waals surface area contributed by atoms with E-state index in [1.54, 1.807) is 6.07 Å². The molecule has 0 unspecified atom stereocenters. The van der Waals surface area contributed by atoms with Gasteiger partial charge in [0.2, 0.25) is 0 Å². The average molecular weight is 423 g/mol. The summed E-state index contributed by atoms with van der Waals surface area (Å²) in [5.41, 5.74) is 5.58. The summed E-state index contributed by atoms with van der Waals surface area (Å²) in [5, 5.41) is 0. The summed E-state index contributed by atoms with van der Waals surface area (Å²) < 4.78 is 33.0. The minimum absolute atomic E-state index is 0. The first kappa shape index (κ1) is 18.8. The molecule has 108 valence electrons. The van der Waals surface area contributed by atoms with Crippen molar-refractivity contribution in [3.63, 3.8) is 0 Å². The monoisotopic (exact) mass is 421 g/mol. The Hall–Kier alpha value is -0.240. The van der Waals surface area contributed by atoms with Gasteiger partial charge < -0.3 is 10.5 Å². The van der Waals surface area contributed by atoms with Crippen molar-refractivity contribution in [1.82, 2.24) is 0 Å². The van der Waals surface area contributed by atoms with Gasteiger partial charge in [-0.1, -0.05) is 6.07 Å². The normalized spacial score (nSPS) is 12.5. The number of alkyl halides is 2. The number of rotatable bonds is 4. The van der Waals surface area contributed by atoms with E-state index in [0.717, 1.165) is 0 Å². The lowest BCUT2D eigenvalue weighted by Crippen LogP contribution is -2.41. The molecule has 19 heavy (non-hydrogen) atoms. The van der Waals surface area contributed by atoms with Crippen LogP contribution in [-0.4, -0.2) is 18.5 Å².